The molecule has 7 heteroatoms. The Hall–Kier alpha value is -2.70. The Kier molecular flexibility index (Phi) is 5.65. The summed E-state index contributed by atoms with van der Waals surface area (Å²) in [6, 6.07) is 15.1. The molecule has 0 aliphatic carbocycles. The van der Waals surface area contributed by atoms with E-state index in [0.29, 0.717) is 33.3 Å². The van der Waals surface area contributed by atoms with Gasteiger partial charge < -0.3 is 15.8 Å². The van der Waals surface area contributed by atoms with E-state index in [1.54, 1.807) is 48.7 Å². The standard InChI is InChI=1S/C19H15ClFN3OS/c20-14-6-2-7-15(24-19(22)26)17(14)18-16(8-3-9-23-18)25-11-12-4-1-5-13(21)10-12/h1-10H,11H2,(H3,22,24,26). The van der Waals surface area contributed by atoms with Crippen molar-refractivity contribution in [2.45, 2.75) is 6.61 Å². The fourth-order valence-corrected chi connectivity index (χ4v) is 2.86. The van der Waals surface area contributed by atoms with E-state index in [4.69, 9.17) is 34.3 Å². The molecule has 3 N–H and O–H groups in total. The smallest absolute Gasteiger partial charge is 0.168 e. The Morgan fingerprint density at radius 1 is 1.19 bits per heavy atom. The van der Waals surface area contributed by atoms with Gasteiger partial charge >= 0.3 is 0 Å². The summed E-state index contributed by atoms with van der Waals surface area (Å²) in [4.78, 5) is 4.40. The highest BCUT2D eigenvalue weighted by atomic mass is 35.5. The first-order valence-corrected chi connectivity index (χ1v) is 8.51. The Morgan fingerprint density at radius 3 is 2.77 bits per heavy atom. The Morgan fingerprint density at radius 2 is 2.00 bits per heavy atom. The number of rotatable bonds is 5. The molecular formula is C19H15ClFN3OS. The van der Waals surface area contributed by atoms with Crippen LogP contribution in [0.15, 0.2) is 60.8 Å². The minimum absolute atomic E-state index is 0.117. The SMILES string of the molecule is NC(=S)Nc1cccc(Cl)c1-c1ncccc1OCc1cccc(F)c1. The lowest BCUT2D eigenvalue weighted by atomic mass is 10.1. The van der Waals surface area contributed by atoms with Crippen LogP contribution in [0.25, 0.3) is 11.3 Å². The molecule has 0 fully saturated rings. The number of benzene rings is 2. The summed E-state index contributed by atoms with van der Waals surface area (Å²) >= 11 is 11.3. The van der Waals surface area contributed by atoms with Gasteiger partial charge in [0.25, 0.3) is 0 Å². The zero-order valence-electron chi connectivity index (χ0n) is 13.6. The first-order chi connectivity index (χ1) is 12.5. The Balaban J connectivity index is 1.96. The average Bonchev–Trinajstić information content (AvgIpc) is 2.60. The van der Waals surface area contributed by atoms with Gasteiger partial charge in [-0.15, -0.1) is 0 Å². The maximum Gasteiger partial charge on any atom is 0.168 e. The van der Waals surface area contributed by atoms with Gasteiger partial charge in [0.2, 0.25) is 0 Å². The zero-order valence-corrected chi connectivity index (χ0v) is 15.2. The van der Waals surface area contributed by atoms with E-state index < -0.39 is 0 Å². The zero-order chi connectivity index (χ0) is 18.5. The molecule has 4 nitrogen and oxygen atoms in total. The maximum atomic E-state index is 13.3. The molecule has 3 aromatic rings. The van der Waals surface area contributed by atoms with Crippen molar-refractivity contribution in [1.29, 1.82) is 0 Å². The molecule has 0 aliphatic rings. The number of aromatic nitrogens is 1. The fourth-order valence-electron chi connectivity index (χ4n) is 2.48. The lowest BCUT2D eigenvalue weighted by Crippen LogP contribution is -2.19. The van der Waals surface area contributed by atoms with Crippen LogP contribution in [0.4, 0.5) is 10.1 Å². The molecular weight excluding hydrogens is 373 g/mol. The Labute approximate surface area is 160 Å². The second kappa shape index (κ2) is 8.12. The normalized spacial score (nSPS) is 10.4. The topological polar surface area (TPSA) is 60.2 Å². The van der Waals surface area contributed by atoms with Gasteiger partial charge in [-0.25, -0.2) is 4.39 Å². The lowest BCUT2D eigenvalue weighted by Gasteiger charge is -2.15. The molecule has 1 heterocycles. The number of hydrogen-bond donors (Lipinski definition) is 2. The van der Waals surface area contributed by atoms with Crippen LogP contribution >= 0.6 is 23.8 Å². The molecule has 1 aromatic heterocycles. The molecule has 0 aliphatic heterocycles. The van der Waals surface area contributed by atoms with Crippen LogP contribution in [0.3, 0.4) is 0 Å². The van der Waals surface area contributed by atoms with Crippen molar-refractivity contribution >= 4 is 34.6 Å². The van der Waals surface area contributed by atoms with Gasteiger partial charge in [0.15, 0.2) is 5.11 Å². The van der Waals surface area contributed by atoms with Gasteiger partial charge in [-0.05, 0) is 54.2 Å². The molecule has 3 rings (SSSR count). The second-order valence-corrected chi connectivity index (χ2v) is 6.27. The third-order valence-corrected chi connectivity index (χ3v) is 3.98. The van der Waals surface area contributed by atoms with Crippen LogP contribution in [-0.4, -0.2) is 10.1 Å². The summed E-state index contributed by atoms with van der Waals surface area (Å²) in [5, 5.41) is 3.49. The van der Waals surface area contributed by atoms with Crippen molar-refractivity contribution in [3.05, 3.63) is 77.2 Å². The van der Waals surface area contributed by atoms with E-state index in [2.05, 4.69) is 10.3 Å². The largest absolute Gasteiger partial charge is 0.487 e. The number of hydrogen-bond acceptors (Lipinski definition) is 3. The third-order valence-electron chi connectivity index (χ3n) is 3.56. The van der Waals surface area contributed by atoms with Crippen LogP contribution in [0, 0.1) is 5.82 Å². The number of nitrogens with two attached hydrogens (primary N) is 1. The monoisotopic (exact) mass is 387 g/mol. The first-order valence-electron chi connectivity index (χ1n) is 7.72. The third kappa shape index (κ3) is 4.28. The summed E-state index contributed by atoms with van der Waals surface area (Å²) in [6.07, 6.45) is 1.64. The van der Waals surface area contributed by atoms with E-state index in [-0.39, 0.29) is 17.5 Å². The summed E-state index contributed by atoms with van der Waals surface area (Å²) < 4.78 is 19.2. The van der Waals surface area contributed by atoms with E-state index in [1.807, 2.05) is 0 Å². The van der Waals surface area contributed by atoms with Crippen molar-refractivity contribution in [3.63, 3.8) is 0 Å². The van der Waals surface area contributed by atoms with E-state index in [0.717, 1.165) is 0 Å². The summed E-state index contributed by atoms with van der Waals surface area (Å²) in [7, 11) is 0. The van der Waals surface area contributed by atoms with Gasteiger partial charge in [0.1, 0.15) is 23.9 Å². The van der Waals surface area contributed by atoms with Gasteiger partial charge in [-0.2, -0.15) is 0 Å². The molecule has 0 atom stereocenters. The molecule has 0 amide bonds. The van der Waals surface area contributed by atoms with Crippen LogP contribution in [0.5, 0.6) is 5.75 Å². The summed E-state index contributed by atoms with van der Waals surface area (Å²) in [5.41, 5.74) is 8.09. The highest BCUT2D eigenvalue weighted by molar-refractivity contribution is 7.80. The van der Waals surface area contributed by atoms with Crippen molar-refractivity contribution in [2.75, 3.05) is 5.32 Å². The van der Waals surface area contributed by atoms with Gasteiger partial charge in [0.05, 0.1) is 10.7 Å². The summed E-state index contributed by atoms with van der Waals surface area (Å²) in [5.74, 6) is 0.197. The molecule has 26 heavy (non-hydrogen) atoms. The summed E-state index contributed by atoms with van der Waals surface area (Å²) in [6.45, 7) is 0.193. The van der Waals surface area contributed by atoms with E-state index >= 15 is 0 Å². The van der Waals surface area contributed by atoms with E-state index in [1.165, 1.54) is 12.1 Å². The van der Waals surface area contributed by atoms with Crippen LogP contribution in [-0.2, 0) is 6.61 Å². The number of ether oxygens (including phenoxy) is 1. The number of nitrogens with zero attached hydrogens (tertiary/aromatic N) is 1. The number of thiocarbonyl (C=S) groups is 1. The first kappa shape index (κ1) is 18.1. The minimum Gasteiger partial charge on any atom is -0.487 e. The average molecular weight is 388 g/mol. The van der Waals surface area contributed by atoms with Crippen molar-refractivity contribution < 1.29 is 9.13 Å². The van der Waals surface area contributed by atoms with Crippen molar-refractivity contribution in [3.8, 4) is 17.0 Å². The highest BCUT2D eigenvalue weighted by Crippen LogP contribution is 2.38. The molecule has 0 saturated heterocycles. The van der Waals surface area contributed by atoms with Crippen LogP contribution in [0.2, 0.25) is 5.02 Å². The number of anilines is 1. The minimum atomic E-state index is -0.313. The second-order valence-electron chi connectivity index (χ2n) is 5.42. The van der Waals surface area contributed by atoms with Crippen LogP contribution < -0.4 is 15.8 Å². The Bertz CT molecular complexity index is 952. The molecule has 0 saturated carbocycles. The predicted molar refractivity (Wildman–Crippen MR) is 106 cm³/mol. The van der Waals surface area contributed by atoms with E-state index in [9.17, 15) is 4.39 Å². The number of halogens is 2. The van der Waals surface area contributed by atoms with Gasteiger partial charge in [0, 0.05) is 11.8 Å². The van der Waals surface area contributed by atoms with Crippen molar-refractivity contribution in [2.24, 2.45) is 5.73 Å². The van der Waals surface area contributed by atoms with Crippen molar-refractivity contribution in [1.82, 2.24) is 4.98 Å². The molecule has 0 unspecified atom stereocenters. The lowest BCUT2D eigenvalue weighted by molar-refractivity contribution is 0.306. The van der Waals surface area contributed by atoms with Gasteiger partial charge in [-0.1, -0.05) is 29.8 Å². The maximum absolute atomic E-state index is 13.3. The fraction of sp³-hybridized carbons (Fsp3) is 0.0526. The molecule has 2 aromatic carbocycles. The molecule has 0 radical (unpaired) electrons. The quantitative estimate of drug-likeness (QED) is 0.617. The molecule has 0 spiro atoms. The van der Waals surface area contributed by atoms with Crippen LogP contribution in [0.1, 0.15) is 5.56 Å². The van der Waals surface area contributed by atoms with Gasteiger partial charge in [-0.3, -0.25) is 4.98 Å². The molecule has 0 bridgehead atoms. The molecule has 132 valence electrons. The predicted octanol–water partition coefficient (Wildman–Crippen LogP) is 4.78. The number of pyridine rings is 1. The highest BCUT2D eigenvalue weighted by Gasteiger charge is 2.16. The number of nitrogens with one attached hydrogen (secondary N) is 1.